The van der Waals surface area contributed by atoms with E-state index in [9.17, 15) is 9.59 Å². The molecule has 19 heavy (non-hydrogen) atoms. The van der Waals surface area contributed by atoms with Gasteiger partial charge in [-0.15, -0.1) is 0 Å². The highest BCUT2D eigenvalue weighted by atomic mass is 16.4. The zero-order valence-electron chi connectivity index (χ0n) is 11.1. The second-order valence-electron chi connectivity index (χ2n) is 4.15. The number of hydrogen-bond acceptors (Lipinski definition) is 4. The molecular weight excluding hydrogens is 246 g/mol. The third-order valence-electron chi connectivity index (χ3n) is 2.75. The summed E-state index contributed by atoms with van der Waals surface area (Å²) < 4.78 is 0. The van der Waals surface area contributed by atoms with Crippen LogP contribution in [0.1, 0.15) is 13.8 Å². The second kappa shape index (κ2) is 6.63. The molecule has 0 saturated heterocycles. The van der Waals surface area contributed by atoms with Gasteiger partial charge in [-0.3, -0.25) is 9.59 Å². The molecule has 0 spiro atoms. The van der Waals surface area contributed by atoms with Gasteiger partial charge in [0.25, 0.3) is 0 Å². The maximum absolute atomic E-state index is 11.9. The molecule has 6 heteroatoms. The zero-order chi connectivity index (χ0) is 14.4. The fourth-order valence-electron chi connectivity index (χ4n) is 1.79. The van der Waals surface area contributed by atoms with Gasteiger partial charge in [-0.05, 0) is 26.0 Å². The van der Waals surface area contributed by atoms with E-state index in [1.807, 2.05) is 6.92 Å². The zero-order valence-corrected chi connectivity index (χ0v) is 11.1. The molecule has 1 atom stereocenters. The summed E-state index contributed by atoms with van der Waals surface area (Å²) in [5.41, 5.74) is 6.83. The highest BCUT2D eigenvalue weighted by molar-refractivity contribution is 5.88. The van der Waals surface area contributed by atoms with Crippen LogP contribution in [0.3, 0.4) is 0 Å². The average Bonchev–Trinajstić information content (AvgIpc) is 2.36. The van der Waals surface area contributed by atoms with Crippen molar-refractivity contribution in [3.05, 3.63) is 24.3 Å². The molecule has 0 fully saturated rings. The van der Waals surface area contributed by atoms with Crippen LogP contribution in [0.25, 0.3) is 0 Å². The van der Waals surface area contributed by atoms with Crippen LogP contribution in [0.15, 0.2) is 24.3 Å². The average molecular weight is 265 g/mol. The quantitative estimate of drug-likeness (QED) is 0.657. The SMILES string of the molecule is CCNC(=O)C(C)N(CC(=O)O)c1ccccc1N. The molecule has 1 rings (SSSR count). The maximum Gasteiger partial charge on any atom is 0.323 e. The first-order valence-corrected chi connectivity index (χ1v) is 6.08. The fourth-order valence-corrected chi connectivity index (χ4v) is 1.79. The molecule has 1 amide bonds. The Bertz CT molecular complexity index is 462. The summed E-state index contributed by atoms with van der Waals surface area (Å²) in [4.78, 5) is 24.3. The Morgan fingerprint density at radius 3 is 2.58 bits per heavy atom. The number of carbonyl (C=O) groups is 2. The lowest BCUT2D eigenvalue weighted by atomic mass is 10.2. The smallest absolute Gasteiger partial charge is 0.323 e. The fraction of sp³-hybridized carbons (Fsp3) is 0.385. The number of nitrogens with two attached hydrogens (primary N) is 1. The van der Waals surface area contributed by atoms with Gasteiger partial charge < -0.3 is 21.1 Å². The number of carboxylic acids is 1. The second-order valence-corrected chi connectivity index (χ2v) is 4.15. The lowest BCUT2D eigenvalue weighted by Crippen LogP contribution is -2.47. The number of amides is 1. The van der Waals surface area contributed by atoms with E-state index in [1.54, 1.807) is 31.2 Å². The summed E-state index contributed by atoms with van der Waals surface area (Å²) in [5.74, 6) is -1.24. The van der Waals surface area contributed by atoms with Gasteiger partial charge in [0.2, 0.25) is 5.91 Å². The molecule has 0 radical (unpaired) electrons. The van der Waals surface area contributed by atoms with Crippen molar-refractivity contribution in [3.8, 4) is 0 Å². The number of benzene rings is 1. The molecule has 0 saturated carbocycles. The summed E-state index contributed by atoms with van der Waals surface area (Å²) in [6.45, 7) is 3.67. The molecule has 6 nitrogen and oxygen atoms in total. The molecule has 1 unspecified atom stereocenters. The number of carboxylic acid groups (broad SMARTS) is 1. The minimum absolute atomic E-state index is 0.230. The highest BCUT2D eigenvalue weighted by Crippen LogP contribution is 2.24. The third-order valence-corrected chi connectivity index (χ3v) is 2.75. The van der Waals surface area contributed by atoms with Gasteiger partial charge in [-0.1, -0.05) is 12.1 Å². The van der Waals surface area contributed by atoms with Crippen LogP contribution in [0.2, 0.25) is 0 Å². The Kier molecular flexibility index (Phi) is 5.17. The molecule has 1 aromatic carbocycles. The van der Waals surface area contributed by atoms with Gasteiger partial charge in [0.1, 0.15) is 12.6 Å². The predicted molar refractivity (Wildman–Crippen MR) is 74.0 cm³/mol. The molecule has 0 bridgehead atoms. The molecule has 0 aromatic heterocycles. The molecule has 0 aliphatic rings. The Hall–Kier alpha value is -2.24. The standard InChI is InChI=1S/C13H19N3O3/c1-3-15-13(19)9(2)16(8-12(17)18)11-7-5-4-6-10(11)14/h4-7,9H,3,8,14H2,1-2H3,(H,15,19)(H,17,18). The molecule has 1 aromatic rings. The van der Waals surface area contributed by atoms with E-state index in [0.29, 0.717) is 17.9 Å². The van der Waals surface area contributed by atoms with Crippen molar-refractivity contribution in [2.75, 3.05) is 23.7 Å². The molecule has 4 N–H and O–H groups in total. The van der Waals surface area contributed by atoms with E-state index in [0.717, 1.165) is 0 Å². The monoisotopic (exact) mass is 265 g/mol. The molecule has 0 aliphatic heterocycles. The number of nitrogens with zero attached hydrogens (tertiary/aromatic N) is 1. The maximum atomic E-state index is 11.9. The number of nitrogen functional groups attached to an aromatic ring is 1. The number of anilines is 2. The van der Waals surface area contributed by atoms with Gasteiger partial charge >= 0.3 is 5.97 Å². The van der Waals surface area contributed by atoms with Crippen molar-refractivity contribution in [1.82, 2.24) is 5.32 Å². The lowest BCUT2D eigenvalue weighted by molar-refractivity contribution is -0.135. The summed E-state index contributed by atoms with van der Waals surface area (Å²) in [6.07, 6.45) is 0. The number of rotatable bonds is 6. The molecule has 104 valence electrons. The largest absolute Gasteiger partial charge is 0.480 e. The van der Waals surface area contributed by atoms with Crippen molar-refractivity contribution in [3.63, 3.8) is 0 Å². The van der Waals surface area contributed by atoms with E-state index >= 15 is 0 Å². The van der Waals surface area contributed by atoms with Crippen LogP contribution in [-0.4, -0.2) is 36.1 Å². The minimum Gasteiger partial charge on any atom is -0.480 e. The molecule has 0 heterocycles. The van der Waals surface area contributed by atoms with Crippen molar-refractivity contribution in [2.24, 2.45) is 0 Å². The minimum atomic E-state index is -1.01. The van der Waals surface area contributed by atoms with Crippen molar-refractivity contribution in [2.45, 2.75) is 19.9 Å². The van der Waals surface area contributed by atoms with Gasteiger partial charge in [0.15, 0.2) is 0 Å². The highest BCUT2D eigenvalue weighted by Gasteiger charge is 2.24. The normalized spacial score (nSPS) is 11.7. The van der Waals surface area contributed by atoms with Crippen molar-refractivity contribution < 1.29 is 14.7 Å². The Morgan fingerprint density at radius 1 is 1.42 bits per heavy atom. The third kappa shape index (κ3) is 3.87. The van der Waals surface area contributed by atoms with Crippen LogP contribution < -0.4 is 16.0 Å². The van der Waals surface area contributed by atoms with E-state index in [2.05, 4.69) is 5.32 Å². The van der Waals surface area contributed by atoms with Crippen LogP contribution in [0.5, 0.6) is 0 Å². The van der Waals surface area contributed by atoms with Crippen LogP contribution in [0.4, 0.5) is 11.4 Å². The van der Waals surface area contributed by atoms with E-state index in [1.165, 1.54) is 4.90 Å². The predicted octanol–water partition coefficient (Wildman–Crippen LogP) is 0.684. The number of likely N-dealkylation sites (N-methyl/N-ethyl adjacent to an activating group) is 1. The summed E-state index contributed by atoms with van der Waals surface area (Å²) >= 11 is 0. The number of nitrogens with one attached hydrogen (secondary N) is 1. The van der Waals surface area contributed by atoms with Crippen molar-refractivity contribution >= 4 is 23.3 Å². The van der Waals surface area contributed by atoms with Gasteiger partial charge in [-0.2, -0.15) is 0 Å². The first kappa shape index (κ1) is 14.8. The van der Waals surface area contributed by atoms with Crippen LogP contribution in [0, 0.1) is 0 Å². The van der Waals surface area contributed by atoms with E-state index in [4.69, 9.17) is 10.8 Å². The van der Waals surface area contributed by atoms with E-state index < -0.39 is 12.0 Å². The first-order valence-electron chi connectivity index (χ1n) is 6.08. The summed E-state index contributed by atoms with van der Waals surface area (Å²) in [5, 5.41) is 11.7. The van der Waals surface area contributed by atoms with Gasteiger partial charge in [-0.25, -0.2) is 0 Å². The van der Waals surface area contributed by atoms with Crippen LogP contribution >= 0.6 is 0 Å². The first-order chi connectivity index (χ1) is 8.97. The Labute approximate surface area is 112 Å². The number of para-hydroxylation sites is 2. The van der Waals surface area contributed by atoms with Gasteiger partial charge in [0, 0.05) is 6.54 Å². The summed E-state index contributed by atoms with van der Waals surface area (Å²) in [6, 6.07) is 6.28. The molecular formula is C13H19N3O3. The topological polar surface area (TPSA) is 95.7 Å². The number of hydrogen-bond donors (Lipinski definition) is 3. The summed E-state index contributed by atoms with van der Waals surface area (Å²) in [7, 11) is 0. The van der Waals surface area contributed by atoms with Gasteiger partial charge in [0.05, 0.1) is 11.4 Å². The van der Waals surface area contributed by atoms with Crippen LogP contribution in [-0.2, 0) is 9.59 Å². The number of carbonyl (C=O) groups excluding carboxylic acids is 1. The van der Waals surface area contributed by atoms with Crippen molar-refractivity contribution in [1.29, 1.82) is 0 Å². The van der Waals surface area contributed by atoms with E-state index in [-0.39, 0.29) is 12.5 Å². The Morgan fingerprint density at radius 2 is 2.05 bits per heavy atom. The Balaban J connectivity index is 3.04. The molecule has 0 aliphatic carbocycles. The lowest BCUT2D eigenvalue weighted by Gasteiger charge is -2.29. The number of aliphatic carboxylic acids is 1.